The van der Waals surface area contributed by atoms with E-state index in [0.29, 0.717) is 25.9 Å². The molecule has 0 bridgehead atoms. The lowest BCUT2D eigenvalue weighted by atomic mass is 9.96. The van der Waals surface area contributed by atoms with E-state index in [1.807, 2.05) is 20.8 Å². The third-order valence-corrected chi connectivity index (χ3v) is 2.56. The van der Waals surface area contributed by atoms with Crippen LogP contribution in [0.15, 0.2) is 12.4 Å². The van der Waals surface area contributed by atoms with Crippen molar-refractivity contribution in [3.63, 3.8) is 0 Å². The van der Waals surface area contributed by atoms with Gasteiger partial charge < -0.3 is 15.6 Å². The van der Waals surface area contributed by atoms with Crippen LogP contribution in [-0.4, -0.2) is 34.9 Å². The molecule has 19 heavy (non-hydrogen) atoms. The number of amides is 2. The van der Waals surface area contributed by atoms with Gasteiger partial charge in [-0.3, -0.25) is 9.59 Å². The molecule has 0 unspecified atom stereocenters. The fraction of sp³-hybridized carbons (Fsp3) is 0.615. The monoisotopic (exact) mass is 266 g/mol. The minimum atomic E-state index is -0.421. The summed E-state index contributed by atoms with van der Waals surface area (Å²) in [6.07, 6.45) is 4.39. The Hall–Kier alpha value is -1.85. The lowest BCUT2D eigenvalue weighted by molar-refractivity contribution is -0.128. The summed E-state index contributed by atoms with van der Waals surface area (Å²) >= 11 is 0. The molecule has 106 valence electrons. The highest BCUT2D eigenvalue weighted by Gasteiger charge is 2.20. The van der Waals surface area contributed by atoms with Gasteiger partial charge in [-0.2, -0.15) is 0 Å². The number of carbonyl (C=O) groups excluding carboxylic acids is 2. The van der Waals surface area contributed by atoms with Gasteiger partial charge in [0.05, 0.1) is 0 Å². The maximum atomic E-state index is 11.6. The highest BCUT2D eigenvalue weighted by atomic mass is 16.2. The van der Waals surface area contributed by atoms with Crippen LogP contribution in [-0.2, 0) is 16.0 Å². The van der Waals surface area contributed by atoms with Crippen molar-refractivity contribution in [2.75, 3.05) is 13.1 Å². The summed E-state index contributed by atoms with van der Waals surface area (Å²) in [4.78, 5) is 30.1. The van der Waals surface area contributed by atoms with E-state index >= 15 is 0 Å². The SMILES string of the molecule is CC(C)(C)C(=O)NCCC(=O)NCCc1ncc[nH]1. The van der Waals surface area contributed by atoms with Gasteiger partial charge in [0.2, 0.25) is 11.8 Å². The lowest BCUT2D eigenvalue weighted by Crippen LogP contribution is -2.37. The van der Waals surface area contributed by atoms with Crippen LogP contribution in [0.5, 0.6) is 0 Å². The highest BCUT2D eigenvalue weighted by Crippen LogP contribution is 2.11. The smallest absolute Gasteiger partial charge is 0.225 e. The number of imidazole rings is 1. The van der Waals surface area contributed by atoms with Crippen molar-refractivity contribution in [3.8, 4) is 0 Å². The summed E-state index contributed by atoms with van der Waals surface area (Å²) < 4.78 is 0. The van der Waals surface area contributed by atoms with E-state index < -0.39 is 5.41 Å². The van der Waals surface area contributed by atoms with E-state index in [0.717, 1.165) is 5.82 Å². The van der Waals surface area contributed by atoms with E-state index in [9.17, 15) is 9.59 Å². The molecule has 1 aromatic rings. The molecule has 0 fully saturated rings. The molecule has 3 N–H and O–H groups in total. The van der Waals surface area contributed by atoms with Gasteiger partial charge in [0.25, 0.3) is 0 Å². The number of rotatable bonds is 6. The number of aromatic nitrogens is 2. The summed E-state index contributed by atoms with van der Waals surface area (Å²) in [6, 6.07) is 0. The van der Waals surface area contributed by atoms with Crippen molar-refractivity contribution in [2.24, 2.45) is 5.41 Å². The van der Waals surface area contributed by atoms with Crippen LogP contribution in [0.3, 0.4) is 0 Å². The second kappa shape index (κ2) is 6.92. The molecule has 1 heterocycles. The van der Waals surface area contributed by atoms with Gasteiger partial charge in [-0.1, -0.05) is 20.8 Å². The number of H-pyrrole nitrogens is 1. The minimum Gasteiger partial charge on any atom is -0.356 e. The van der Waals surface area contributed by atoms with Gasteiger partial charge in [0.15, 0.2) is 0 Å². The summed E-state index contributed by atoms with van der Waals surface area (Å²) in [5.74, 6) is 0.734. The zero-order valence-corrected chi connectivity index (χ0v) is 11.7. The van der Waals surface area contributed by atoms with Crippen LogP contribution >= 0.6 is 0 Å². The highest BCUT2D eigenvalue weighted by molar-refractivity contribution is 5.82. The number of hydrogen-bond acceptors (Lipinski definition) is 3. The predicted molar refractivity (Wildman–Crippen MR) is 72.4 cm³/mol. The average molecular weight is 266 g/mol. The molecule has 0 aliphatic rings. The Labute approximate surface area is 113 Å². The molecule has 0 aliphatic heterocycles. The van der Waals surface area contributed by atoms with Gasteiger partial charge in [-0.05, 0) is 0 Å². The van der Waals surface area contributed by atoms with Crippen LogP contribution in [0.2, 0.25) is 0 Å². The molecule has 0 aromatic carbocycles. The first-order valence-electron chi connectivity index (χ1n) is 6.43. The topological polar surface area (TPSA) is 86.9 Å². The Morgan fingerprint density at radius 3 is 2.58 bits per heavy atom. The van der Waals surface area contributed by atoms with Gasteiger partial charge in [-0.15, -0.1) is 0 Å². The Morgan fingerprint density at radius 2 is 2.00 bits per heavy atom. The van der Waals surface area contributed by atoms with Crippen LogP contribution in [0, 0.1) is 5.41 Å². The number of carbonyl (C=O) groups is 2. The summed E-state index contributed by atoms with van der Waals surface area (Å²) in [6.45, 7) is 6.42. The Morgan fingerprint density at radius 1 is 1.26 bits per heavy atom. The first kappa shape index (κ1) is 15.2. The van der Waals surface area contributed by atoms with Gasteiger partial charge >= 0.3 is 0 Å². The first-order valence-corrected chi connectivity index (χ1v) is 6.43. The fourth-order valence-corrected chi connectivity index (χ4v) is 1.40. The summed E-state index contributed by atoms with van der Waals surface area (Å²) in [7, 11) is 0. The third kappa shape index (κ3) is 6.03. The van der Waals surface area contributed by atoms with E-state index in [4.69, 9.17) is 0 Å². The fourth-order valence-electron chi connectivity index (χ4n) is 1.40. The normalized spacial score (nSPS) is 11.1. The summed E-state index contributed by atoms with van der Waals surface area (Å²) in [5, 5.41) is 5.52. The Balaban J connectivity index is 2.10. The predicted octanol–water partition coefficient (Wildman–Crippen LogP) is 0.621. The molecule has 0 atom stereocenters. The van der Waals surface area contributed by atoms with Crippen LogP contribution in [0.4, 0.5) is 0 Å². The molecule has 1 aromatic heterocycles. The van der Waals surface area contributed by atoms with Crippen molar-refractivity contribution < 1.29 is 9.59 Å². The zero-order chi connectivity index (χ0) is 14.3. The summed E-state index contributed by atoms with van der Waals surface area (Å²) in [5.41, 5.74) is -0.421. The van der Waals surface area contributed by atoms with Crippen LogP contribution < -0.4 is 10.6 Å². The number of aromatic amines is 1. The maximum absolute atomic E-state index is 11.6. The maximum Gasteiger partial charge on any atom is 0.225 e. The van der Waals surface area contributed by atoms with Crippen LogP contribution in [0.25, 0.3) is 0 Å². The number of hydrogen-bond donors (Lipinski definition) is 3. The molecule has 0 saturated carbocycles. The van der Waals surface area contributed by atoms with E-state index in [1.165, 1.54) is 0 Å². The lowest BCUT2D eigenvalue weighted by Gasteiger charge is -2.17. The second-order valence-electron chi connectivity index (χ2n) is 5.39. The van der Waals surface area contributed by atoms with Crippen molar-refractivity contribution >= 4 is 11.8 Å². The molecular weight excluding hydrogens is 244 g/mol. The minimum absolute atomic E-state index is 0.0455. The molecule has 0 spiro atoms. The average Bonchev–Trinajstić information content (AvgIpc) is 2.80. The van der Waals surface area contributed by atoms with Crippen molar-refractivity contribution in [1.29, 1.82) is 0 Å². The number of nitrogens with zero attached hydrogens (tertiary/aromatic N) is 1. The van der Waals surface area contributed by atoms with Crippen molar-refractivity contribution in [3.05, 3.63) is 18.2 Å². The largest absolute Gasteiger partial charge is 0.356 e. The molecule has 1 rings (SSSR count). The van der Waals surface area contributed by atoms with Gasteiger partial charge in [-0.25, -0.2) is 4.98 Å². The molecule has 0 radical (unpaired) electrons. The molecule has 0 aliphatic carbocycles. The molecular formula is C13H22N4O2. The molecule has 2 amide bonds. The second-order valence-corrected chi connectivity index (χ2v) is 5.39. The van der Waals surface area contributed by atoms with E-state index in [2.05, 4.69) is 20.6 Å². The van der Waals surface area contributed by atoms with Crippen molar-refractivity contribution in [1.82, 2.24) is 20.6 Å². The first-order chi connectivity index (χ1) is 8.89. The molecule has 6 nitrogen and oxygen atoms in total. The van der Waals surface area contributed by atoms with E-state index in [-0.39, 0.29) is 11.8 Å². The zero-order valence-electron chi connectivity index (χ0n) is 11.7. The number of nitrogens with one attached hydrogen (secondary N) is 3. The van der Waals surface area contributed by atoms with Gasteiger partial charge in [0, 0.05) is 43.7 Å². The quantitative estimate of drug-likeness (QED) is 0.705. The van der Waals surface area contributed by atoms with Gasteiger partial charge in [0.1, 0.15) is 5.82 Å². The standard InChI is InChI=1S/C13H22N4O2/c1-13(2,3)12(19)17-7-5-11(18)16-6-4-10-14-8-9-15-10/h8-9H,4-7H2,1-3H3,(H,14,15)(H,16,18)(H,17,19). The van der Waals surface area contributed by atoms with Crippen LogP contribution in [0.1, 0.15) is 33.0 Å². The van der Waals surface area contributed by atoms with Crippen molar-refractivity contribution in [2.45, 2.75) is 33.6 Å². The third-order valence-electron chi connectivity index (χ3n) is 2.56. The Bertz CT molecular complexity index is 407. The Kier molecular flexibility index (Phi) is 5.54. The molecule has 0 saturated heterocycles. The molecule has 6 heteroatoms. The van der Waals surface area contributed by atoms with E-state index in [1.54, 1.807) is 12.4 Å².